The molecule has 0 aromatic rings. The smallest absolute Gasteiger partial charge is 0.431 e. The van der Waals surface area contributed by atoms with Gasteiger partial charge < -0.3 is 15.2 Å². The Labute approximate surface area is 124 Å². The first-order valence-corrected chi connectivity index (χ1v) is 6.80. The predicted octanol–water partition coefficient (Wildman–Crippen LogP) is 1.20. The Hall–Kier alpha value is -1.83. The number of carbonyl (C=O) groups excluding carboxylic acids is 2. The summed E-state index contributed by atoms with van der Waals surface area (Å²) in [6, 6.07) is 0. The van der Waals surface area contributed by atoms with Crippen LogP contribution < -0.4 is 10.8 Å². The SMILES string of the molecule is CC(C)(C)OC(=O)NOCC(=O)NCCCCCC(=O)O. The number of unbranched alkanes of at least 4 members (excludes halogenated alkanes) is 2. The lowest BCUT2D eigenvalue weighted by Gasteiger charge is -2.19. The molecule has 0 spiro atoms. The lowest BCUT2D eigenvalue weighted by Crippen LogP contribution is -2.36. The van der Waals surface area contributed by atoms with Gasteiger partial charge in [0, 0.05) is 13.0 Å². The highest BCUT2D eigenvalue weighted by Gasteiger charge is 2.16. The summed E-state index contributed by atoms with van der Waals surface area (Å²) >= 11 is 0. The van der Waals surface area contributed by atoms with Gasteiger partial charge in [0.2, 0.25) is 5.91 Å². The summed E-state index contributed by atoms with van der Waals surface area (Å²) in [6.07, 6.45) is 1.38. The van der Waals surface area contributed by atoms with Gasteiger partial charge in [-0.3, -0.25) is 14.4 Å². The first-order chi connectivity index (χ1) is 9.70. The summed E-state index contributed by atoms with van der Waals surface area (Å²) < 4.78 is 4.91. The standard InChI is InChI=1S/C13H24N2O6/c1-13(2,3)21-12(19)15-20-9-10(16)14-8-6-4-5-7-11(17)18/h4-9H2,1-3H3,(H,14,16)(H,15,19)(H,17,18). The number of rotatable bonds is 9. The third-order valence-corrected chi connectivity index (χ3v) is 2.15. The van der Waals surface area contributed by atoms with Gasteiger partial charge in [-0.05, 0) is 33.6 Å². The van der Waals surface area contributed by atoms with Crippen LogP contribution in [0.1, 0.15) is 46.5 Å². The third kappa shape index (κ3) is 14.4. The Balaban J connectivity index is 3.50. The van der Waals surface area contributed by atoms with E-state index in [0.29, 0.717) is 19.4 Å². The topological polar surface area (TPSA) is 114 Å². The zero-order valence-electron chi connectivity index (χ0n) is 12.7. The first-order valence-electron chi connectivity index (χ1n) is 6.80. The summed E-state index contributed by atoms with van der Waals surface area (Å²) in [5.74, 6) is -1.19. The van der Waals surface area contributed by atoms with E-state index < -0.39 is 17.7 Å². The van der Waals surface area contributed by atoms with Crippen LogP contribution in [0.3, 0.4) is 0 Å². The second-order valence-electron chi connectivity index (χ2n) is 5.45. The predicted molar refractivity (Wildman–Crippen MR) is 74.4 cm³/mol. The summed E-state index contributed by atoms with van der Waals surface area (Å²) in [7, 11) is 0. The van der Waals surface area contributed by atoms with E-state index in [1.165, 1.54) is 0 Å². The highest BCUT2D eigenvalue weighted by molar-refractivity contribution is 5.77. The number of carboxylic acids is 1. The average Bonchev–Trinajstić information content (AvgIpc) is 2.30. The van der Waals surface area contributed by atoms with Crippen LogP contribution in [0.15, 0.2) is 0 Å². The summed E-state index contributed by atoms with van der Waals surface area (Å²) in [4.78, 5) is 37.5. The van der Waals surface area contributed by atoms with Crippen molar-refractivity contribution in [3.05, 3.63) is 0 Å². The van der Waals surface area contributed by atoms with Crippen LogP contribution in [0, 0.1) is 0 Å². The summed E-state index contributed by atoms with van der Waals surface area (Å²) in [5, 5.41) is 11.0. The number of hydrogen-bond acceptors (Lipinski definition) is 5. The molecule has 2 amide bonds. The van der Waals surface area contributed by atoms with Crippen molar-refractivity contribution in [1.29, 1.82) is 0 Å². The molecule has 0 aliphatic rings. The lowest BCUT2D eigenvalue weighted by atomic mass is 10.2. The molecule has 3 N–H and O–H groups in total. The quantitative estimate of drug-likeness (QED) is 0.436. The number of ether oxygens (including phenoxy) is 1. The van der Waals surface area contributed by atoms with E-state index in [-0.39, 0.29) is 18.9 Å². The molecule has 0 aromatic heterocycles. The van der Waals surface area contributed by atoms with Crippen molar-refractivity contribution in [2.45, 2.75) is 52.1 Å². The molecule has 0 aliphatic carbocycles. The van der Waals surface area contributed by atoms with Gasteiger partial charge in [0.05, 0.1) is 0 Å². The highest BCUT2D eigenvalue weighted by atomic mass is 16.7. The minimum atomic E-state index is -0.819. The van der Waals surface area contributed by atoms with Crippen molar-refractivity contribution in [3.63, 3.8) is 0 Å². The van der Waals surface area contributed by atoms with Crippen LogP contribution in [-0.2, 0) is 19.2 Å². The minimum absolute atomic E-state index is 0.136. The van der Waals surface area contributed by atoms with Gasteiger partial charge in [-0.15, -0.1) is 0 Å². The normalized spacial score (nSPS) is 10.8. The largest absolute Gasteiger partial charge is 0.481 e. The second-order valence-corrected chi connectivity index (χ2v) is 5.45. The zero-order chi connectivity index (χ0) is 16.3. The molecule has 0 aromatic carbocycles. The van der Waals surface area contributed by atoms with Crippen molar-refractivity contribution in [1.82, 2.24) is 10.8 Å². The van der Waals surface area contributed by atoms with E-state index in [9.17, 15) is 14.4 Å². The number of carboxylic acid groups (broad SMARTS) is 1. The van der Waals surface area contributed by atoms with E-state index >= 15 is 0 Å². The average molecular weight is 304 g/mol. The molecule has 8 heteroatoms. The molecule has 0 rings (SSSR count). The summed E-state index contributed by atoms with van der Waals surface area (Å²) in [6.45, 7) is 5.26. The maximum Gasteiger partial charge on any atom is 0.431 e. The van der Waals surface area contributed by atoms with E-state index in [4.69, 9.17) is 14.7 Å². The van der Waals surface area contributed by atoms with Crippen LogP contribution in [0.5, 0.6) is 0 Å². The Morgan fingerprint density at radius 3 is 2.33 bits per heavy atom. The van der Waals surface area contributed by atoms with Gasteiger partial charge in [0.25, 0.3) is 0 Å². The maximum absolute atomic E-state index is 11.3. The molecular formula is C13H24N2O6. The van der Waals surface area contributed by atoms with Gasteiger partial charge >= 0.3 is 12.1 Å². The Morgan fingerprint density at radius 1 is 1.10 bits per heavy atom. The fourth-order valence-electron chi connectivity index (χ4n) is 1.32. The number of hydrogen-bond donors (Lipinski definition) is 3. The van der Waals surface area contributed by atoms with E-state index in [0.717, 1.165) is 6.42 Å². The number of aliphatic carboxylic acids is 1. The molecule has 0 radical (unpaired) electrons. The number of nitrogens with one attached hydrogen (secondary N) is 2. The van der Waals surface area contributed by atoms with Crippen molar-refractivity contribution >= 4 is 18.0 Å². The van der Waals surface area contributed by atoms with Crippen molar-refractivity contribution in [2.24, 2.45) is 0 Å². The molecular weight excluding hydrogens is 280 g/mol. The van der Waals surface area contributed by atoms with Gasteiger partial charge in [0.15, 0.2) is 6.61 Å². The fourth-order valence-corrected chi connectivity index (χ4v) is 1.32. The second kappa shape index (κ2) is 9.98. The van der Waals surface area contributed by atoms with Crippen LogP contribution in [-0.4, -0.2) is 41.8 Å². The molecule has 8 nitrogen and oxygen atoms in total. The highest BCUT2D eigenvalue weighted by Crippen LogP contribution is 2.06. The van der Waals surface area contributed by atoms with Crippen LogP contribution in [0.2, 0.25) is 0 Å². The van der Waals surface area contributed by atoms with Crippen molar-refractivity contribution in [3.8, 4) is 0 Å². The van der Waals surface area contributed by atoms with Gasteiger partial charge in [-0.2, -0.15) is 5.48 Å². The van der Waals surface area contributed by atoms with Crippen molar-refractivity contribution in [2.75, 3.05) is 13.2 Å². The maximum atomic E-state index is 11.3. The van der Waals surface area contributed by atoms with Crippen LogP contribution in [0.4, 0.5) is 4.79 Å². The van der Waals surface area contributed by atoms with Crippen molar-refractivity contribution < 1.29 is 29.1 Å². The Bertz CT molecular complexity index is 351. The molecule has 0 atom stereocenters. The first kappa shape index (κ1) is 19.2. The fraction of sp³-hybridized carbons (Fsp3) is 0.769. The van der Waals surface area contributed by atoms with Gasteiger partial charge in [0.1, 0.15) is 5.60 Å². The molecule has 0 fully saturated rings. The molecule has 0 saturated heterocycles. The Kier molecular flexibility index (Phi) is 9.11. The molecule has 122 valence electrons. The van der Waals surface area contributed by atoms with Crippen LogP contribution in [0.25, 0.3) is 0 Å². The Morgan fingerprint density at radius 2 is 1.76 bits per heavy atom. The molecule has 0 bridgehead atoms. The number of carbonyl (C=O) groups is 3. The summed E-state index contributed by atoms with van der Waals surface area (Å²) in [5.41, 5.74) is 1.37. The van der Waals surface area contributed by atoms with Gasteiger partial charge in [-0.1, -0.05) is 6.42 Å². The number of hydroxylamine groups is 1. The number of amides is 2. The van der Waals surface area contributed by atoms with Crippen LogP contribution >= 0.6 is 0 Å². The molecule has 21 heavy (non-hydrogen) atoms. The molecule has 0 unspecified atom stereocenters. The van der Waals surface area contributed by atoms with E-state index in [1.54, 1.807) is 20.8 Å². The monoisotopic (exact) mass is 304 g/mol. The van der Waals surface area contributed by atoms with E-state index in [1.807, 2.05) is 5.48 Å². The molecule has 0 saturated carbocycles. The van der Waals surface area contributed by atoms with Gasteiger partial charge in [-0.25, -0.2) is 4.79 Å². The lowest BCUT2D eigenvalue weighted by molar-refractivity contribution is -0.137. The molecule has 0 heterocycles. The third-order valence-electron chi connectivity index (χ3n) is 2.15. The minimum Gasteiger partial charge on any atom is -0.481 e. The zero-order valence-corrected chi connectivity index (χ0v) is 12.7. The van der Waals surface area contributed by atoms with E-state index in [2.05, 4.69) is 5.32 Å². The molecule has 0 aliphatic heterocycles.